The second-order valence-electron chi connectivity index (χ2n) is 7.83. The van der Waals surface area contributed by atoms with Crippen LogP contribution in [0.5, 0.6) is 5.75 Å². The quantitative estimate of drug-likeness (QED) is 0.432. The molecule has 0 fully saturated rings. The number of nitrogens with zero attached hydrogens (tertiary/aromatic N) is 3. The van der Waals surface area contributed by atoms with Gasteiger partial charge in [0.05, 0.1) is 41.8 Å². The Balaban J connectivity index is 1.69. The highest BCUT2D eigenvalue weighted by Crippen LogP contribution is 2.26. The van der Waals surface area contributed by atoms with E-state index in [1.807, 2.05) is 0 Å². The Bertz CT molecular complexity index is 1500. The number of halogens is 3. The molecule has 0 aliphatic carbocycles. The highest BCUT2D eigenvalue weighted by atomic mass is 19.2. The van der Waals surface area contributed by atoms with Gasteiger partial charge in [0.25, 0.3) is 11.8 Å². The lowest BCUT2D eigenvalue weighted by Gasteiger charge is -2.11. The van der Waals surface area contributed by atoms with Crippen molar-refractivity contribution in [2.75, 3.05) is 12.4 Å². The number of rotatable bonds is 6. The minimum atomic E-state index is -1.18. The summed E-state index contributed by atoms with van der Waals surface area (Å²) in [5.41, 5.74) is 6.83. The third kappa shape index (κ3) is 4.52. The highest BCUT2D eigenvalue weighted by molar-refractivity contribution is 6.14. The molecule has 8 nitrogen and oxygen atoms in total. The van der Waals surface area contributed by atoms with Crippen molar-refractivity contribution in [3.63, 3.8) is 0 Å². The average molecular weight is 483 g/mol. The number of nitrogens with two attached hydrogens (primary N) is 1. The summed E-state index contributed by atoms with van der Waals surface area (Å²) >= 11 is 0. The first-order chi connectivity index (χ1) is 16.6. The molecule has 0 saturated heterocycles. The van der Waals surface area contributed by atoms with Gasteiger partial charge in [-0.1, -0.05) is 6.07 Å². The number of hydrogen-bond acceptors (Lipinski definition) is 5. The van der Waals surface area contributed by atoms with Crippen molar-refractivity contribution in [2.45, 2.75) is 20.4 Å². The maximum atomic E-state index is 14.1. The van der Waals surface area contributed by atoms with E-state index in [1.54, 1.807) is 24.6 Å². The summed E-state index contributed by atoms with van der Waals surface area (Å²) in [4.78, 5) is 28.8. The molecule has 3 N–H and O–H groups in total. The molecule has 0 saturated carbocycles. The Kier molecular flexibility index (Phi) is 6.16. The Morgan fingerprint density at radius 3 is 2.43 bits per heavy atom. The number of hydrogen-bond donors (Lipinski definition) is 2. The van der Waals surface area contributed by atoms with E-state index in [-0.39, 0.29) is 34.5 Å². The number of carbonyl (C=O) groups excluding carboxylic acids is 2. The topological polar surface area (TPSA) is 112 Å². The maximum Gasteiger partial charge on any atom is 0.267 e. The van der Waals surface area contributed by atoms with Crippen LogP contribution in [0.4, 0.5) is 18.9 Å². The van der Waals surface area contributed by atoms with E-state index in [0.717, 1.165) is 18.2 Å². The number of amides is 2. The molecule has 0 spiro atoms. The smallest absolute Gasteiger partial charge is 0.267 e. The molecule has 11 heteroatoms. The molecule has 2 amide bonds. The average Bonchev–Trinajstić information content (AvgIpc) is 3.06. The van der Waals surface area contributed by atoms with Crippen LogP contribution < -0.4 is 15.8 Å². The number of pyridine rings is 1. The zero-order valence-corrected chi connectivity index (χ0v) is 18.9. The van der Waals surface area contributed by atoms with Crippen LogP contribution in [0.1, 0.15) is 37.8 Å². The molecule has 35 heavy (non-hydrogen) atoms. The predicted octanol–water partition coefficient (Wildman–Crippen LogP) is 3.87. The van der Waals surface area contributed by atoms with Gasteiger partial charge in [-0.15, -0.1) is 0 Å². The fraction of sp³-hybridized carbons (Fsp3) is 0.167. The van der Waals surface area contributed by atoms with E-state index in [9.17, 15) is 22.8 Å². The first-order valence-corrected chi connectivity index (χ1v) is 10.4. The molecule has 0 bridgehead atoms. The maximum absolute atomic E-state index is 14.1. The van der Waals surface area contributed by atoms with Crippen LogP contribution in [0.3, 0.4) is 0 Å². The minimum Gasteiger partial charge on any atom is -0.494 e. The third-order valence-electron chi connectivity index (χ3n) is 5.52. The molecule has 0 unspecified atom stereocenters. The SMILES string of the molecule is COc1ccc(Cn2nc(C)c(NC(=O)c3cc(C(N)=O)nc4cc(F)c(F)cc34)c2C)cc1F. The summed E-state index contributed by atoms with van der Waals surface area (Å²) in [5.74, 6) is -4.39. The number of ether oxygens (including phenoxy) is 1. The lowest BCUT2D eigenvalue weighted by atomic mass is 10.1. The van der Waals surface area contributed by atoms with Crippen molar-refractivity contribution in [3.8, 4) is 5.75 Å². The fourth-order valence-corrected chi connectivity index (χ4v) is 3.73. The Labute approximate surface area is 197 Å². The summed E-state index contributed by atoms with van der Waals surface area (Å²) in [6.45, 7) is 3.60. The number of carbonyl (C=O) groups is 2. The summed E-state index contributed by atoms with van der Waals surface area (Å²) < 4.78 is 48.2. The summed E-state index contributed by atoms with van der Waals surface area (Å²) in [5, 5.41) is 7.12. The number of benzene rings is 2. The first kappa shape index (κ1) is 23.7. The lowest BCUT2D eigenvalue weighted by molar-refractivity contribution is 0.0996. The summed E-state index contributed by atoms with van der Waals surface area (Å²) in [7, 11) is 1.37. The second-order valence-corrected chi connectivity index (χ2v) is 7.83. The standard InChI is InChI=1S/C24H20F3N5O3/c1-11-22(12(2)32(31-11)10-13-4-5-21(35-3)18(27)6-13)30-24(34)15-8-20(23(28)33)29-19-9-17(26)16(25)7-14(15)19/h4-9H,10H2,1-3H3,(H2,28,33)(H,30,34). The van der Waals surface area contributed by atoms with Crippen molar-refractivity contribution in [1.82, 2.24) is 14.8 Å². The van der Waals surface area contributed by atoms with Crippen LogP contribution in [-0.2, 0) is 6.54 Å². The van der Waals surface area contributed by atoms with Crippen LogP contribution in [0.25, 0.3) is 10.9 Å². The molecular weight excluding hydrogens is 463 g/mol. The number of methoxy groups -OCH3 is 1. The van der Waals surface area contributed by atoms with Crippen molar-refractivity contribution in [3.05, 3.63) is 82.1 Å². The van der Waals surface area contributed by atoms with Gasteiger partial charge < -0.3 is 15.8 Å². The van der Waals surface area contributed by atoms with Gasteiger partial charge >= 0.3 is 0 Å². The van der Waals surface area contributed by atoms with Gasteiger partial charge in [-0.25, -0.2) is 18.2 Å². The van der Waals surface area contributed by atoms with Gasteiger partial charge in [-0.05, 0) is 43.7 Å². The van der Waals surface area contributed by atoms with E-state index in [0.29, 0.717) is 22.6 Å². The number of aromatic nitrogens is 3. The van der Waals surface area contributed by atoms with Gasteiger partial charge in [-0.2, -0.15) is 5.10 Å². The van der Waals surface area contributed by atoms with E-state index < -0.39 is 29.3 Å². The van der Waals surface area contributed by atoms with Crippen LogP contribution in [0.15, 0.2) is 36.4 Å². The molecule has 0 aliphatic heterocycles. The molecular formula is C24H20F3N5O3. The lowest BCUT2D eigenvalue weighted by Crippen LogP contribution is -2.18. The van der Waals surface area contributed by atoms with Crippen molar-refractivity contribution < 1.29 is 27.5 Å². The highest BCUT2D eigenvalue weighted by Gasteiger charge is 2.21. The van der Waals surface area contributed by atoms with Crippen molar-refractivity contribution in [2.24, 2.45) is 5.73 Å². The van der Waals surface area contributed by atoms with Crippen molar-refractivity contribution >= 4 is 28.4 Å². The molecule has 2 heterocycles. The molecule has 4 rings (SSSR count). The van der Waals surface area contributed by atoms with Gasteiger partial charge in [-0.3, -0.25) is 14.3 Å². The van der Waals surface area contributed by atoms with E-state index in [2.05, 4.69) is 15.4 Å². The van der Waals surface area contributed by atoms with Crippen molar-refractivity contribution in [1.29, 1.82) is 0 Å². The first-order valence-electron chi connectivity index (χ1n) is 10.4. The number of fused-ring (bicyclic) bond motifs is 1. The van der Waals surface area contributed by atoms with E-state index in [4.69, 9.17) is 10.5 Å². The van der Waals surface area contributed by atoms with Crippen LogP contribution >= 0.6 is 0 Å². The number of aryl methyl sites for hydroxylation is 1. The number of primary amides is 1. The number of anilines is 1. The molecule has 0 radical (unpaired) electrons. The van der Waals surface area contributed by atoms with Gasteiger partial charge in [0.1, 0.15) is 5.69 Å². The van der Waals surface area contributed by atoms with Crippen LogP contribution in [0.2, 0.25) is 0 Å². The Morgan fingerprint density at radius 1 is 1.06 bits per heavy atom. The predicted molar refractivity (Wildman–Crippen MR) is 122 cm³/mol. The molecule has 180 valence electrons. The van der Waals surface area contributed by atoms with Gasteiger partial charge in [0, 0.05) is 11.5 Å². The molecule has 0 atom stereocenters. The summed E-state index contributed by atoms with van der Waals surface area (Å²) in [6, 6.07) is 7.27. The van der Waals surface area contributed by atoms with Crippen LogP contribution in [0, 0.1) is 31.3 Å². The number of nitrogens with one attached hydrogen (secondary N) is 1. The van der Waals surface area contributed by atoms with Gasteiger partial charge in [0.2, 0.25) is 0 Å². The van der Waals surface area contributed by atoms with Crippen LogP contribution in [-0.4, -0.2) is 33.7 Å². The van der Waals surface area contributed by atoms with Gasteiger partial charge in [0.15, 0.2) is 23.2 Å². The van der Waals surface area contributed by atoms with E-state index in [1.165, 1.54) is 19.2 Å². The molecule has 4 aromatic rings. The molecule has 2 aromatic heterocycles. The Morgan fingerprint density at radius 2 is 1.77 bits per heavy atom. The Hall–Kier alpha value is -4.41. The largest absolute Gasteiger partial charge is 0.494 e. The zero-order valence-electron chi connectivity index (χ0n) is 18.9. The third-order valence-corrected chi connectivity index (χ3v) is 5.52. The fourth-order valence-electron chi connectivity index (χ4n) is 3.73. The minimum absolute atomic E-state index is 0.00260. The summed E-state index contributed by atoms with van der Waals surface area (Å²) in [6.07, 6.45) is 0. The molecule has 2 aromatic carbocycles. The van der Waals surface area contributed by atoms with E-state index >= 15 is 0 Å². The monoisotopic (exact) mass is 483 g/mol. The second kappa shape index (κ2) is 9.09. The molecule has 0 aliphatic rings. The normalized spacial score (nSPS) is 11.0. The zero-order chi connectivity index (χ0) is 25.4.